The van der Waals surface area contributed by atoms with E-state index in [1.54, 1.807) is 24.5 Å². The molecule has 5 nitrogen and oxygen atoms in total. The molecule has 7 heteroatoms. The van der Waals surface area contributed by atoms with Crippen LogP contribution in [-0.4, -0.2) is 50.5 Å². The molecule has 1 atom stereocenters. The number of piperidine rings is 1. The van der Waals surface area contributed by atoms with Crippen molar-refractivity contribution in [3.8, 4) is 5.95 Å². The van der Waals surface area contributed by atoms with Crippen molar-refractivity contribution in [1.29, 1.82) is 0 Å². The maximum absolute atomic E-state index is 14.2. The van der Waals surface area contributed by atoms with Crippen LogP contribution in [0.5, 0.6) is 0 Å². The van der Waals surface area contributed by atoms with E-state index < -0.39 is 11.6 Å². The predicted molar refractivity (Wildman–Crippen MR) is 115 cm³/mol. The first-order chi connectivity index (χ1) is 15.1. The smallest absolute Gasteiger partial charge is 0.233 e. The van der Waals surface area contributed by atoms with Crippen LogP contribution in [-0.2, 0) is 13.1 Å². The molecule has 0 aliphatic carbocycles. The Bertz CT molecular complexity index is 1040. The fourth-order valence-electron chi connectivity index (χ4n) is 5.24. The number of benzene rings is 1. The third kappa shape index (κ3) is 4.25. The average molecular weight is 424 g/mol. The molecule has 0 saturated carbocycles. The Balaban J connectivity index is 1.25. The zero-order valence-corrected chi connectivity index (χ0v) is 17.6. The van der Waals surface area contributed by atoms with Gasteiger partial charge in [-0.2, -0.15) is 0 Å². The van der Waals surface area contributed by atoms with Gasteiger partial charge < -0.3 is 0 Å². The van der Waals surface area contributed by atoms with Crippen LogP contribution in [0.3, 0.4) is 0 Å². The zero-order chi connectivity index (χ0) is 21.3. The van der Waals surface area contributed by atoms with Gasteiger partial charge >= 0.3 is 0 Å². The Kier molecular flexibility index (Phi) is 5.54. The zero-order valence-electron chi connectivity index (χ0n) is 17.6. The van der Waals surface area contributed by atoms with E-state index >= 15 is 0 Å². The highest BCUT2D eigenvalue weighted by molar-refractivity contribution is 5.21. The topological polar surface area (TPSA) is 37.2 Å². The lowest BCUT2D eigenvalue weighted by Gasteiger charge is -2.40. The number of nitrogens with zero attached hydrogens (tertiary/aromatic N) is 5. The van der Waals surface area contributed by atoms with E-state index in [4.69, 9.17) is 0 Å². The first-order valence-corrected chi connectivity index (χ1v) is 10.9. The van der Waals surface area contributed by atoms with Crippen molar-refractivity contribution in [1.82, 2.24) is 24.3 Å². The highest BCUT2D eigenvalue weighted by Gasteiger charge is 2.41. The highest BCUT2D eigenvalue weighted by atomic mass is 19.2. The second kappa shape index (κ2) is 8.48. The number of hydrogen-bond acceptors (Lipinski definition) is 4. The first-order valence-electron chi connectivity index (χ1n) is 10.9. The molecule has 2 aliphatic heterocycles. The summed E-state index contributed by atoms with van der Waals surface area (Å²) < 4.78 is 29.8. The monoisotopic (exact) mass is 423 g/mol. The Morgan fingerprint density at radius 3 is 2.52 bits per heavy atom. The molecule has 3 aromatic rings. The van der Waals surface area contributed by atoms with Crippen molar-refractivity contribution in [3.63, 3.8) is 0 Å². The maximum Gasteiger partial charge on any atom is 0.233 e. The molecule has 0 bridgehead atoms. The van der Waals surface area contributed by atoms with Gasteiger partial charge in [-0.25, -0.2) is 18.7 Å². The summed E-state index contributed by atoms with van der Waals surface area (Å²) in [6.07, 6.45) is 8.95. The van der Waals surface area contributed by atoms with Gasteiger partial charge in [0.15, 0.2) is 11.6 Å². The molecular formula is C24H27F2N5. The molecule has 0 amide bonds. The number of rotatable bonds is 5. The molecule has 31 heavy (non-hydrogen) atoms. The quantitative estimate of drug-likeness (QED) is 0.621. The minimum absolute atomic E-state index is 0.225. The summed E-state index contributed by atoms with van der Waals surface area (Å²) in [4.78, 5) is 13.5. The van der Waals surface area contributed by atoms with Gasteiger partial charge in [0.1, 0.15) is 0 Å². The van der Waals surface area contributed by atoms with E-state index in [0.29, 0.717) is 18.1 Å². The van der Waals surface area contributed by atoms with Crippen molar-refractivity contribution in [2.75, 3.05) is 26.2 Å². The van der Waals surface area contributed by atoms with Crippen molar-refractivity contribution in [2.24, 2.45) is 5.41 Å². The average Bonchev–Trinajstić information content (AvgIpc) is 3.40. The van der Waals surface area contributed by atoms with Crippen molar-refractivity contribution in [3.05, 3.63) is 77.9 Å². The molecular weight excluding hydrogens is 396 g/mol. The summed E-state index contributed by atoms with van der Waals surface area (Å²) >= 11 is 0. The van der Waals surface area contributed by atoms with Crippen LogP contribution >= 0.6 is 0 Å². The Morgan fingerprint density at radius 2 is 1.68 bits per heavy atom. The van der Waals surface area contributed by atoms with E-state index in [2.05, 4.69) is 25.8 Å². The van der Waals surface area contributed by atoms with Crippen molar-refractivity contribution in [2.45, 2.75) is 32.4 Å². The second-order valence-electron chi connectivity index (χ2n) is 8.91. The molecule has 2 saturated heterocycles. The summed E-state index contributed by atoms with van der Waals surface area (Å²) in [6.45, 7) is 5.26. The summed E-state index contributed by atoms with van der Waals surface area (Å²) in [5.74, 6) is -0.780. The van der Waals surface area contributed by atoms with Crippen LogP contribution in [0.15, 0.2) is 55.0 Å². The Labute approximate surface area is 181 Å². The number of likely N-dealkylation sites (tertiary alicyclic amines) is 2. The highest BCUT2D eigenvalue weighted by Crippen LogP contribution is 2.40. The van der Waals surface area contributed by atoms with Crippen LogP contribution in [0.25, 0.3) is 5.95 Å². The molecule has 2 aliphatic rings. The predicted octanol–water partition coefficient (Wildman–Crippen LogP) is 4.03. The van der Waals surface area contributed by atoms with Crippen molar-refractivity contribution < 1.29 is 8.78 Å². The van der Waals surface area contributed by atoms with Crippen LogP contribution in [0, 0.1) is 17.0 Å². The lowest BCUT2D eigenvalue weighted by atomic mass is 9.79. The first kappa shape index (κ1) is 20.3. The summed E-state index contributed by atoms with van der Waals surface area (Å²) in [6, 6.07) is 10.5. The van der Waals surface area contributed by atoms with E-state index in [-0.39, 0.29) is 5.41 Å². The van der Waals surface area contributed by atoms with Gasteiger partial charge in [0, 0.05) is 56.0 Å². The van der Waals surface area contributed by atoms with E-state index in [1.807, 2.05) is 22.9 Å². The number of aromatic nitrogens is 3. The second-order valence-corrected chi connectivity index (χ2v) is 8.91. The lowest BCUT2D eigenvalue weighted by Crippen LogP contribution is -2.44. The molecule has 5 rings (SSSR count). The van der Waals surface area contributed by atoms with Gasteiger partial charge in [0.05, 0.1) is 0 Å². The summed E-state index contributed by atoms with van der Waals surface area (Å²) in [5, 5.41) is 0. The Morgan fingerprint density at radius 1 is 0.871 bits per heavy atom. The number of halogens is 2. The molecule has 4 heterocycles. The molecule has 0 unspecified atom stereocenters. The maximum atomic E-state index is 14.2. The molecule has 1 aromatic carbocycles. The van der Waals surface area contributed by atoms with Gasteiger partial charge in [0.25, 0.3) is 0 Å². The molecule has 2 aromatic heterocycles. The summed E-state index contributed by atoms with van der Waals surface area (Å²) in [5.41, 5.74) is 1.85. The normalized spacial score (nSPS) is 22.4. The van der Waals surface area contributed by atoms with Gasteiger partial charge in [-0.15, -0.1) is 0 Å². The minimum atomic E-state index is -0.762. The summed E-state index contributed by atoms with van der Waals surface area (Å²) in [7, 11) is 0. The lowest BCUT2D eigenvalue weighted by molar-refractivity contribution is 0.0854. The van der Waals surface area contributed by atoms with E-state index in [9.17, 15) is 8.78 Å². The fourth-order valence-corrected chi connectivity index (χ4v) is 5.24. The van der Waals surface area contributed by atoms with Gasteiger partial charge in [-0.3, -0.25) is 14.4 Å². The third-order valence-corrected chi connectivity index (χ3v) is 6.67. The molecule has 1 spiro atoms. The van der Waals surface area contributed by atoms with Crippen LogP contribution in [0.2, 0.25) is 0 Å². The van der Waals surface area contributed by atoms with Crippen molar-refractivity contribution >= 4 is 0 Å². The molecule has 2 fully saturated rings. The molecule has 0 N–H and O–H groups in total. The Hall–Kier alpha value is -2.64. The van der Waals surface area contributed by atoms with E-state index in [0.717, 1.165) is 45.6 Å². The standard InChI is InChI=1S/C24H27F2N5/c25-21-7-1-5-19(22(21)26)15-29-12-3-8-24(17-29)9-14-30(18-24)16-20-6-2-13-31(20)23-27-10-4-11-28-23/h1-2,4-7,10-11,13H,3,8-9,12,14-18H2/t24-/m1/s1. The van der Waals surface area contributed by atoms with Crippen LogP contribution in [0.1, 0.15) is 30.5 Å². The van der Waals surface area contributed by atoms with Crippen LogP contribution < -0.4 is 0 Å². The third-order valence-electron chi connectivity index (χ3n) is 6.67. The largest absolute Gasteiger partial charge is 0.298 e. The number of hydrogen-bond donors (Lipinski definition) is 0. The van der Waals surface area contributed by atoms with Crippen LogP contribution in [0.4, 0.5) is 8.78 Å². The van der Waals surface area contributed by atoms with Gasteiger partial charge in [-0.1, -0.05) is 12.1 Å². The minimum Gasteiger partial charge on any atom is -0.298 e. The molecule has 0 radical (unpaired) electrons. The van der Waals surface area contributed by atoms with E-state index in [1.165, 1.54) is 18.2 Å². The van der Waals surface area contributed by atoms with Gasteiger partial charge in [-0.05, 0) is 62.0 Å². The SMILES string of the molecule is Fc1cccc(CN2CCC[C@@]3(CCN(Cc4cccn4-c4ncccn4)C3)C2)c1F. The fraction of sp³-hybridized carbons (Fsp3) is 0.417. The van der Waals surface area contributed by atoms with Gasteiger partial charge in [0.2, 0.25) is 5.95 Å². The molecule has 162 valence electrons.